The minimum absolute atomic E-state index is 0.0289. The van der Waals surface area contributed by atoms with E-state index in [1.807, 2.05) is 43.1 Å². The van der Waals surface area contributed by atoms with Crippen LogP contribution in [0.1, 0.15) is 36.5 Å². The normalized spacial score (nSPS) is 11.2. The second-order valence-electron chi connectivity index (χ2n) is 6.66. The monoisotopic (exact) mass is 378 g/mol. The fourth-order valence-corrected chi connectivity index (χ4v) is 3.09. The van der Waals surface area contributed by atoms with E-state index in [0.29, 0.717) is 29.1 Å². The summed E-state index contributed by atoms with van der Waals surface area (Å²) in [5, 5.41) is 4.13. The Bertz CT molecular complexity index is 759. The average molecular weight is 379 g/mol. The Morgan fingerprint density at radius 1 is 1.16 bits per heavy atom. The molecule has 0 aliphatic carbocycles. The van der Waals surface area contributed by atoms with Gasteiger partial charge in [0.05, 0.1) is 16.6 Å². The fraction of sp³-hybridized carbons (Fsp3) is 0.350. The molecule has 0 heterocycles. The zero-order valence-corrected chi connectivity index (χ0v) is 16.6. The number of halogens is 2. The molecule has 0 spiro atoms. The summed E-state index contributed by atoms with van der Waals surface area (Å²) >= 11 is 12.0. The van der Waals surface area contributed by atoms with Gasteiger partial charge in [0.1, 0.15) is 0 Å². The molecular formula is C20H24Cl2N2O. The lowest BCUT2D eigenvalue weighted by molar-refractivity contribution is -0.117. The van der Waals surface area contributed by atoms with Crippen molar-refractivity contribution in [2.24, 2.45) is 0 Å². The van der Waals surface area contributed by atoms with Gasteiger partial charge in [-0.2, -0.15) is 0 Å². The number of carbonyl (C=O) groups is 1. The first kappa shape index (κ1) is 19.8. The van der Waals surface area contributed by atoms with Crippen molar-refractivity contribution in [3.8, 4) is 0 Å². The molecular weight excluding hydrogens is 355 g/mol. The Labute approximate surface area is 159 Å². The molecule has 0 saturated carbocycles. The lowest BCUT2D eigenvalue weighted by Crippen LogP contribution is -2.30. The first-order valence-electron chi connectivity index (χ1n) is 8.29. The van der Waals surface area contributed by atoms with E-state index in [1.54, 1.807) is 6.07 Å². The zero-order valence-electron chi connectivity index (χ0n) is 15.1. The molecule has 1 N–H and O–H groups in total. The molecule has 1 amide bonds. The molecule has 0 aromatic heterocycles. The third-order valence-electron chi connectivity index (χ3n) is 4.04. The standard InChI is InChI=1S/C20H24Cl2N2O/c1-13(2)16-7-5-6-14(3)20(16)23-19(25)12-24(4)11-15-8-9-17(21)18(22)10-15/h5-10,13H,11-12H2,1-4H3,(H,23,25). The molecule has 0 aliphatic rings. The molecule has 0 radical (unpaired) electrons. The summed E-state index contributed by atoms with van der Waals surface area (Å²) < 4.78 is 0. The highest BCUT2D eigenvalue weighted by atomic mass is 35.5. The molecule has 0 atom stereocenters. The maximum atomic E-state index is 12.5. The number of amides is 1. The molecule has 0 fully saturated rings. The number of benzene rings is 2. The van der Waals surface area contributed by atoms with Crippen LogP contribution >= 0.6 is 23.2 Å². The summed E-state index contributed by atoms with van der Waals surface area (Å²) in [6, 6.07) is 11.6. The van der Waals surface area contributed by atoms with Crippen molar-refractivity contribution in [2.45, 2.75) is 33.2 Å². The van der Waals surface area contributed by atoms with Gasteiger partial charge in [0.25, 0.3) is 0 Å². The van der Waals surface area contributed by atoms with E-state index in [4.69, 9.17) is 23.2 Å². The number of hydrogen-bond donors (Lipinski definition) is 1. The Kier molecular flexibility index (Phi) is 6.88. The van der Waals surface area contributed by atoms with Crippen LogP contribution in [0.15, 0.2) is 36.4 Å². The predicted octanol–water partition coefficient (Wildman–Crippen LogP) is 5.50. The lowest BCUT2D eigenvalue weighted by atomic mass is 9.98. The number of nitrogens with one attached hydrogen (secondary N) is 1. The van der Waals surface area contributed by atoms with Gasteiger partial charge in [-0.15, -0.1) is 0 Å². The first-order valence-corrected chi connectivity index (χ1v) is 9.05. The molecule has 0 aliphatic heterocycles. The van der Waals surface area contributed by atoms with Crippen LogP contribution in [0.2, 0.25) is 10.0 Å². The molecule has 2 rings (SSSR count). The third-order valence-corrected chi connectivity index (χ3v) is 4.78. The number of anilines is 1. The van der Waals surface area contributed by atoms with E-state index < -0.39 is 0 Å². The maximum absolute atomic E-state index is 12.5. The number of likely N-dealkylation sites (N-methyl/N-ethyl adjacent to an activating group) is 1. The summed E-state index contributed by atoms with van der Waals surface area (Å²) in [4.78, 5) is 14.4. The Morgan fingerprint density at radius 3 is 2.52 bits per heavy atom. The van der Waals surface area contributed by atoms with E-state index in [9.17, 15) is 4.79 Å². The molecule has 2 aromatic carbocycles. The maximum Gasteiger partial charge on any atom is 0.238 e. The van der Waals surface area contributed by atoms with Crippen LogP contribution in [0.4, 0.5) is 5.69 Å². The SMILES string of the molecule is Cc1cccc(C(C)C)c1NC(=O)CN(C)Cc1ccc(Cl)c(Cl)c1. The van der Waals surface area contributed by atoms with E-state index >= 15 is 0 Å². The van der Waals surface area contributed by atoms with Crippen LogP contribution in [0, 0.1) is 6.92 Å². The number of carbonyl (C=O) groups excluding carboxylic acids is 1. The van der Waals surface area contributed by atoms with Gasteiger partial charge in [0.2, 0.25) is 5.91 Å². The van der Waals surface area contributed by atoms with Crippen molar-refractivity contribution in [1.29, 1.82) is 0 Å². The molecule has 3 nitrogen and oxygen atoms in total. The second-order valence-corrected chi connectivity index (χ2v) is 7.48. The zero-order chi connectivity index (χ0) is 18.6. The fourth-order valence-electron chi connectivity index (χ4n) is 2.77. The molecule has 0 unspecified atom stereocenters. The number of rotatable bonds is 6. The van der Waals surface area contributed by atoms with E-state index in [-0.39, 0.29) is 5.91 Å². The van der Waals surface area contributed by atoms with Crippen molar-refractivity contribution in [2.75, 3.05) is 18.9 Å². The first-order chi connectivity index (χ1) is 11.8. The smallest absolute Gasteiger partial charge is 0.238 e. The quantitative estimate of drug-likeness (QED) is 0.719. The van der Waals surface area contributed by atoms with E-state index in [2.05, 4.69) is 25.2 Å². The Balaban J connectivity index is 2.01. The Morgan fingerprint density at radius 2 is 1.88 bits per heavy atom. The topological polar surface area (TPSA) is 32.3 Å². The summed E-state index contributed by atoms with van der Waals surface area (Å²) in [5.41, 5.74) is 4.17. The highest BCUT2D eigenvalue weighted by Gasteiger charge is 2.14. The van der Waals surface area contributed by atoms with Crippen LogP contribution in [0.5, 0.6) is 0 Å². The van der Waals surface area contributed by atoms with Gasteiger partial charge in [-0.25, -0.2) is 0 Å². The van der Waals surface area contributed by atoms with Gasteiger partial charge < -0.3 is 5.32 Å². The minimum atomic E-state index is -0.0289. The minimum Gasteiger partial charge on any atom is -0.324 e. The van der Waals surface area contributed by atoms with Gasteiger partial charge in [0, 0.05) is 12.2 Å². The second kappa shape index (κ2) is 8.70. The van der Waals surface area contributed by atoms with Crippen LogP contribution < -0.4 is 5.32 Å². The van der Waals surface area contributed by atoms with Crippen LogP contribution in [-0.2, 0) is 11.3 Å². The summed E-state index contributed by atoms with van der Waals surface area (Å²) in [7, 11) is 1.91. The molecule has 5 heteroatoms. The van der Waals surface area contributed by atoms with Gasteiger partial charge in [-0.05, 0) is 48.7 Å². The van der Waals surface area contributed by atoms with E-state index in [1.165, 1.54) is 0 Å². The van der Waals surface area contributed by atoms with Crippen molar-refractivity contribution in [3.05, 3.63) is 63.1 Å². The molecule has 0 saturated heterocycles. The van der Waals surface area contributed by atoms with Gasteiger partial charge in [-0.3, -0.25) is 9.69 Å². The summed E-state index contributed by atoms with van der Waals surface area (Å²) in [5.74, 6) is 0.322. The van der Waals surface area contributed by atoms with Crippen molar-refractivity contribution < 1.29 is 4.79 Å². The molecule has 0 bridgehead atoms. The molecule has 2 aromatic rings. The largest absolute Gasteiger partial charge is 0.324 e. The van der Waals surface area contributed by atoms with Crippen molar-refractivity contribution in [1.82, 2.24) is 4.90 Å². The number of nitrogens with zero attached hydrogens (tertiary/aromatic N) is 1. The van der Waals surface area contributed by atoms with Crippen LogP contribution in [0.25, 0.3) is 0 Å². The lowest BCUT2D eigenvalue weighted by Gasteiger charge is -2.20. The van der Waals surface area contributed by atoms with Crippen molar-refractivity contribution >= 4 is 34.8 Å². The number of aryl methyl sites for hydroxylation is 1. The highest BCUT2D eigenvalue weighted by molar-refractivity contribution is 6.42. The predicted molar refractivity (Wildman–Crippen MR) is 107 cm³/mol. The highest BCUT2D eigenvalue weighted by Crippen LogP contribution is 2.27. The average Bonchev–Trinajstić information content (AvgIpc) is 2.52. The number of hydrogen-bond acceptors (Lipinski definition) is 2. The Hall–Kier alpha value is -1.55. The van der Waals surface area contributed by atoms with Crippen LogP contribution in [0.3, 0.4) is 0 Å². The summed E-state index contributed by atoms with van der Waals surface area (Å²) in [6.45, 7) is 7.18. The summed E-state index contributed by atoms with van der Waals surface area (Å²) in [6.07, 6.45) is 0. The van der Waals surface area contributed by atoms with Crippen LogP contribution in [-0.4, -0.2) is 24.4 Å². The molecule has 134 valence electrons. The number of para-hydroxylation sites is 1. The van der Waals surface area contributed by atoms with Gasteiger partial charge in [-0.1, -0.05) is 61.3 Å². The van der Waals surface area contributed by atoms with E-state index in [0.717, 1.165) is 22.4 Å². The third kappa shape index (κ3) is 5.46. The molecule has 25 heavy (non-hydrogen) atoms. The van der Waals surface area contributed by atoms with Gasteiger partial charge >= 0.3 is 0 Å². The van der Waals surface area contributed by atoms with Gasteiger partial charge in [0.15, 0.2) is 0 Å². The van der Waals surface area contributed by atoms with Crippen molar-refractivity contribution in [3.63, 3.8) is 0 Å².